The SMILES string of the molecule is O=C(O)C=Cc1ccccc1OCCCn1ccnc1. The molecule has 0 radical (unpaired) electrons. The van der Waals surface area contributed by atoms with Crippen molar-refractivity contribution in [2.24, 2.45) is 0 Å². The molecule has 0 aliphatic carbocycles. The van der Waals surface area contributed by atoms with E-state index in [2.05, 4.69) is 4.98 Å². The molecule has 5 nitrogen and oxygen atoms in total. The third kappa shape index (κ3) is 4.28. The Balaban J connectivity index is 1.87. The Morgan fingerprint density at radius 2 is 2.25 bits per heavy atom. The minimum atomic E-state index is -0.972. The maximum Gasteiger partial charge on any atom is 0.328 e. The van der Waals surface area contributed by atoms with E-state index in [0.717, 1.165) is 24.6 Å². The van der Waals surface area contributed by atoms with Crippen LogP contribution in [-0.4, -0.2) is 27.2 Å². The average Bonchev–Trinajstić information content (AvgIpc) is 2.95. The number of para-hydroxylation sites is 1. The highest BCUT2D eigenvalue weighted by Crippen LogP contribution is 2.19. The molecule has 1 aromatic heterocycles. The molecule has 0 saturated carbocycles. The number of ether oxygens (including phenoxy) is 1. The van der Waals surface area contributed by atoms with Crippen molar-refractivity contribution in [3.63, 3.8) is 0 Å². The smallest absolute Gasteiger partial charge is 0.328 e. The molecule has 1 aromatic carbocycles. The van der Waals surface area contributed by atoms with Crippen molar-refractivity contribution < 1.29 is 14.6 Å². The summed E-state index contributed by atoms with van der Waals surface area (Å²) in [7, 11) is 0. The van der Waals surface area contributed by atoms with E-state index in [9.17, 15) is 4.79 Å². The van der Waals surface area contributed by atoms with Crippen molar-refractivity contribution in [1.82, 2.24) is 9.55 Å². The second-order valence-electron chi connectivity index (χ2n) is 4.21. The van der Waals surface area contributed by atoms with Gasteiger partial charge in [-0.15, -0.1) is 0 Å². The van der Waals surface area contributed by atoms with E-state index in [0.29, 0.717) is 12.4 Å². The highest BCUT2D eigenvalue weighted by Gasteiger charge is 2.00. The van der Waals surface area contributed by atoms with Crippen LogP contribution in [0.25, 0.3) is 6.08 Å². The molecule has 1 N–H and O–H groups in total. The predicted octanol–water partition coefficient (Wildman–Crippen LogP) is 2.45. The van der Waals surface area contributed by atoms with Crippen LogP contribution in [-0.2, 0) is 11.3 Å². The van der Waals surface area contributed by atoms with Gasteiger partial charge < -0.3 is 14.4 Å². The molecule has 0 unspecified atom stereocenters. The van der Waals surface area contributed by atoms with Crippen molar-refractivity contribution in [3.05, 3.63) is 54.6 Å². The van der Waals surface area contributed by atoms with Crippen molar-refractivity contribution in [2.45, 2.75) is 13.0 Å². The molecule has 0 spiro atoms. The first kappa shape index (κ1) is 13.9. The molecule has 2 aromatic rings. The molecule has 0 bridgehead atoms. The Bertz CT molecular complexity index is 577. The number of hydrogen-bond acceptors (Lipinski definition) is 3. The Morgan fingerprint density at radius 3 is 3.00 bits per heavy atom. The van der Waals surface area contributed by atoms with Crippen LogP contribution >= 0.6 is 0 Å². The summed E-state index contributed by atoms with van der Waals surface area (Å²) in [5.41, 5.74) is 0.762. The van der Waals surface area contributed by atoms with Gasteiger partial charge in [0.25, 0.3) is 0 Å². The molecule has 0 fully saturated rings. The number of aryl methyl sites for hydroxylation is 1. The van der Waals surface area contributed by atoms with Crippen molar-refractivity contribution in [3.8, 4) is 5.75 Å². The summed E-state index contributed by atoms with van der Waals surface area (Å²) >= 11 is 0. The van der Waals surface area contributed by atoms with Crippen molar-refractivity contribution >= 4 is 12.0 Å². The van der Waals surface area contributed by atoms with Gasteiger partial charge in [-0.05, 0) is 18.6 Å². The maximum atomic E-state index is 10.5. The van der Waals surface area contributed by atoms with Gasteiger partial charge in [0, 0.05) is 30.6 Å². The third-order valence-electron chi connectivity index (χ3n) is 2.70. The van der Waals surface area contributed by atoms with E-state index in [1.165, 1.54) is 6.08 Å². The van der Waals surface area contributed by atoms with Crippen LogP contribution in [0.3, 0.4) is 0 Å². The Morgan fingerprint density at radius 1 is 1.40 bits per heavy atom. The standard InChI is InChI=1S/C15H16N2O3/c18-15(19)7-6-13-4-1-2-5-14(13)20-11-3-9-17-10-8-16-12-17/h1-2,4-8,10,12H,3,9,11H2,(H,18,19). The first-order chi connectivity index (χ1) is 9.75. The van der Waals surface area contributed by atoms with Crippen LogP contribution in [0.1, 0.15) is 12.0 Å². The van der Waals surface area contributed by atoms with Crippen molar-refractivity contribution in [2.75, 3.05) is 6.61 Å². The molecule has 20 heavy (non-hydrogen) atoms. The molecule has 5 heteroatoms. The number of carboxylic acids is 1. The summed E-state index contributed by atoms with van der Waals surface area (Å²) in [5, 5.41) is 8.65. The molecule has 0 aliphatic rings. The van der Waals surface area contributed by atoms with Crippen LogP contribution in [0.2, 0.25) is 0 Å². The molecule has 0 aliphatic heterocycles. The van der Waals surface area contributed by atoms with Crippen LogP contribution < -0.4 is 4.74 Å². The number of carbonyl (C=O) groups is 1. The summed E-state index contributed by atoms with van der Waals surface area (Å²) in [6, 6.07) is 7.37. The van der Waals surface area contributed by atoms with Gasteiger partial charge in [-0.25, -0.2) is 9.78 Å². The number of aliphatic carboxylic acids is 1. The molecule has 0 atom stereocenters. The van der Waals surface area contributed by atoms with E-state index in [4.69, 9.17) is 9.84 Å². The monoisotopic (exact) mass is 272 g/mol. The van der Waals surface area contributed by atoms with Gasteiger partial charge in [-0.3, -0.25) is 0 Å². The lowest BCUT2D eigenvalue weighted by molar-refractivity contribution is -0.131. The highest BCUT2D eigenvalue weighted by molar-refractivity contribution is 5.85. The quantitative estimate of drug-likeness (QED) is 0.621. The average molecular weight is 272 g/mol. The molecular weight excluding hydrogens is 256 g/mol. The molecule has 0 saturated heterocycles. The summed E-state index contributed by atoms with van der Waals surface area (Å²) in [5.74, 6) is -0.282. The first-order valence-corrected chi connectivity index (χ1v) is 6.34. The zero-order valence-corrected chi connectivity index (χ0v) is 11.0. The van der Waals surface area contributed by atoms with Gasteiger partial charge in [-0.2, -0.15) is 0 Å². The van der Waals surface area contributed by atoms with Gasteiger partial charge in [0.15, 0.2) is 0 Å². The predicted molar refractivity (Wildman–Crippen MR) is 75.5 cm³/mol. The normalized spacial score (nSPS) is 10.8. The topological polar surface area (TPSA) is 64.3 Å². The van der Waals surface area contributed by atoms with Crippen LogP contribution in [0.4, 0.5) is 0 Å². The zero-order valence-electron chi connectivity index (χ0n) is 11.0. The minimum absolute atomic E-state index is 0.566. The van der Waals surface area contributed by atoms with E-state index in [-0.39, 0.29) is 0 Å². The third-order valence-corrected chi connectivity index (χ3v) is 2.70. The van der Waals surface area contributed by atoms with E-state index in [1.54, 1.807) is 12.5 Å². The van der Waals surface area contributed by atoms with Gasteiger partial charge in [0.2, 0.25) is 0 Å². The number of rotatable bonds is 7. The molecule has 104 valence electrons. The number of carboxylic acid groups (broad SMARTS) is 1. The molecule has 1 heterocycles. The number of imidazole rings is 1. The van der Waals surface area contributed by atoms with E-state index < -0.39 is 5.97 Å². The fourth-order valence-electron chi connectivity index (χ4n) is 1.76. The largest absolute Gasteiger partial charge is 0.493 e. The van der Waals surface area contributed by atoms with E-state index in [1.807, 2.05) is 35.0 Å². The maximum absolute atomic E-state index is 10.5. The molecule has 0 amide bonds. The van der Waals surface area contributed by atoms with Gasteiger partial charge in [0.05, 0.1) is 12.9 Å². The van der Waals surface area contributed by atoms with Crippen LogP contribution in [0, 0.1) is 0 Å². The fourth-order valence-corrected chi connectivity index (χ4v) is 1.76. The second kappa shape index (κ2) is 7.13. The summed E-state index contributed by atoms with van der Waals surface area (Å²) in [6.07, 6.45) is 8.91. The van der Waals surface area contributed by atoms with Crippen LogP contribution in [0.15, 0.2) is 49.1 Å². The lowest BCUT2D eigenvalue weighted by Crippen LogP contribution is -2.03. The number of aromatic nitrogens is 2. The number of benzene rings is 1. The summed E-state index contributed by atoms with van der Waals surface area (Å²) in [4.78, 5) is 14.5. The lowest BCUT2D eigenvalue weighted by atomic mass is 10.2. The highest BCUT2D eigenvalue weighted by atomic mass is 16.5. The van der Waals surface area contributed by atoms with Crippen molar-refractivity contribution in [1.29, 1.82) is 0 Å². The lowest BCUT2D eigenvalue weighted by Gasteiger charge is -2.09. The van der Waals surface area contributed by atoms with Gasteiger partial charge in [-0.1, -0.05) is 18.2 Å². The molecular formula is C15H16N2O3. The van der Waals surface area contributed by atoms with Crippen LogP contribution in [0.5, 0.6) is 5.75 Å². The Kier molecular flexibility index (Phi) is 4.94. The summed E-state index contributed by atoms with van der Waals surface area (Å²) in [6.45, 7) is 1.41. The second-order valence-corrected chi connectivity index (χ2v) is 4.21. The summed E-state index contributed by atoms with van der Waals surface area (Å²) < 4.78 is 7.68. The number of hydrogen-bond donors (Lipinski definition) is 1. The van der Waals surface area contributed by atoms with Gasteiger partial charge >= 0.3 is 5.97 Å². The van der Waals surface area contributed by atoms with Gasteiger partial charge in [0.1, 0.15) is 5.75 Å². The molecule has 2 rings (SSSR count). The first-order valence-electron chi connectivity index (χ1n) is 6.34. The fraction of sp³-hybridized carbons (Fsp3) is 0.200. The zero-order chi connectivity index (χ0) is 14.2. The minimum Gasteiger partial charge on any atom is -0.493 e. The Hall–Kier alpha value is -2.56. The van der Waals surface area contributed by atoms with E-state index >= 15 is 0 Å². The Labute approximate surface area is 117 Å². The number of nitrogens with zero attached hydrogens (tertiary/aromatic N) is 2.